The molecule has 1 aromatic carbocycles. The fourth-order valence-corrected chi connectivity index (χ4v) is 3.14. The van der Waals surface area contributed by atoms with Crippen LogP contribution in [-0.4, -0.2) is 31.7 Å². The number of rotatable bonds is 4. The van der Waals surface area contributed by atoms with Crippen molar-refractivity contribution in [2.45, 2.75) is 35.8 Å². The summed E-state index contributed by atoms with van der Waals surface area (Å²) in [6.45, 7) is 0.600. The summed E-state index contributed by atoms with van der Waals surface area (Å²) in [4.78, 5) is -0.767. The van der Waals surface area contributed by atoms with E-state index in [2.05, 4.69) is 5.32 Å². The number of benzene rings is 1. The van der Waals surface area contributed by atoms with Crippen LogP contribution in [0.3, 0.4) is 0 Å². The second kappa shape index (κ2) is 5.84. The van der Waals surface area contributed by atoms with Crippen LogP contribution in [0, 0.1) is 5.92 Å². The number of hydrogen-bond donors (Lipinski definition) is 2. The average Bonchev–Trinajstić information content (AvgIpc) is 2.81. The predicted octanol–water partition coefficient (Wildman–Crippen LogP) is 2.55. The molecule has 0 aliphatic heterocycles. The molecular weight excluding hydrogens is 307 g/mol. The molecule has 1 fully saturated rings. The van der Waals surface area contributed by atoms with Crippen molar-refractivity contribution in [3.05, 3.63) is 24.3 Å². The SMILES string of the molecule is O=S(=O)(c1ccc(NCC2CCC(O)C2)cc1)C(F)(F)F. The van der Waals surface area contributed by atoms with Crippen LogP contribution in [-0.2, 0) is 9.84 Å². The first kappa shape index (κ1) is 16.1. The van der Waals surface area contributed by atoms with E-state index < -0.39 is 20.2 Å². The molecule has 0 spiro atoms. The molecule has 1 aliphatic rings. The minimum Gasteiger partial charge on any atom is -0.393 e. The largest absolute Gasteiger partial charge is 0.501 e. The maximum Gasteiger partial charge on any atom is 0.501 e. The molecular formula is C13H16F3NO3S. The molecule has 2 N–H and O–H groups in total. The molecule has 0 heterocycles. The van der Waals surface area contributed by atoms with Gasteiger partial charge in [0.25, 0.3) is 9.84 Å². The summed E-state index contributed by atoms with van der Waals surface area (Å²) in [5.74, 6) is 0.318. The van der Waals surface area contributed by atoms with E-state index in [9.17, 15) is 26.7 Å². The van der Waals surface area contributed by atoms with Gasteiger partial charge >= 0.3 is 5.51 Å². The Bertz CT molecular complexity index is 584. The summed E-state index contributed by atoms with van der Waals surface area (Å²) in [5, 5.41) is 12.4. The van der Waals surface area contributed by atoms with Crippen LogP contribution < -0.4 is 5.32 Å². The Balaban J connectivity index is 1.99. The molecule has 1 aromatic rings. The van der Waals surface area contributed by atoms with E-state index in [-0.39, 0.29) is 6.10 Å². The van der Waals surface area contributed by atoms with Gasteiger partial charge in [-0.3, -0.25) is 0 Å². The first-order chi connectivity index (χ1) is 9.70. The molecule has 8 heteroatoms. The Morgan fingerprint density at radius 2 is 1.81 bits per heavy atom. The van der Waals surface area contributed by atoms with Crippen LogP contribution in [0.15, 0.2) is 29.2 Å². The van der Waals surface area contributed by atoms with E-state index in [1.54, 1.807) is 0 Å². The van der Waals surface area contributed by atoms with Gasteiger partial charge in [0.1, 0.15) is 0 Å². The highest BCUT2D eigenvalue weighted by molar-refractivity contribution is 7.92. The highest BCUT2D eigenvalue weighted by Gasteiger charge is 2.46. The number of sulfone groups is 1. The number of nitrogens with one attached hydrogen (secondary N) is 1. The van der Waals surface area contributed by atoms with Crippen LogP contribution in [0.5, 0.6) is 0 Å². The van der Waals surface area contributed by atoms with Gasteiger partial charge < -0.3 is 10.4 Å². The minimum atomic E-state index is -5.29. The van der Waals surface area contributed by atoms with Crippen molar-refractivity contribution in [3.63, 3.8) is 0 Å². The Morgan fingerprint density at radius 3 is 2.29 bits per heavy atom. The highest BCUT2D eigenvalue weighted by atomic mass is 32.2. The number of alkyl halides is 3. The number of anilines is 1. The van der Waals surface area contributed by atoms with E-state index in [1.807, 2.05) is 0 Å². The molecule has 118 valence electrons. The van der Waals surface area contributed by atoms with Crippen LogP contribution >= 0.6 is 0 Å². The van der Waals surface area contributed by atoms with E-state index >= 15 is 0 Å². The molecule has 2 rings (SSSR count). The Kier molecular flexibility index (Phi) is 4.48. The van der Waals surface area contributed by atoms with Crippen molar-refractivity contribution < 1.29 is 26.7 Å². The minimum absolute atomic E-state index is 0.281. The lowest BCUT2D eigenvalue weighted by Gasteiger charge is -2.13. The van der Waals surface area contributed by atoms with Gasteiger partial charge in [-0.15, -0.1) is 0 Å². The van der Waals surface area contributed by atoms with E-state index in [0.29, 0.717) is 24.6 Å². The van der Waals surface area contributed by atoms with Gasteiger partial charge in [-0.25, -0.2) is 8.42 Å². The normalized spacial score (nSPS) is 23.2. The summed E-state index contributed by atoms with van der Waals surface area (Å²) >= 11 is 0. The molecule has 1 saturated carbocycles. The smallest absolute Gasteiger partial charge is 0.393 e. The van der Waals surface area contributed by atoms with E-state index in [1.165, 1.54) is 12.1 Å². The van der Waals surface area contributed by atoms with Crippen molar-refractivity contribution in [2.75, 3.05) is 11.9 Å². The maximum atomic E-state index is 12.4. The monoisotopic (exact) mass is 323 g/mol. The van der Waals surface area contributed by atoms with Gasteiger partial charge in [-0.05, 0) is 49.4 Å². The van der Waals surface area contributed by atoms with Gasteiger partial charge in [0, 0.05) is 12.2 Å². The van der Waals surface area contributed by atoms with Gasteiger partial charge in [0.05, 0.1) is 11.0 Å². The number of aliphatic hydroxyl groups is 1. The molecule has 2 atom stereocenters. The van der Waals surface area contributed by atoms with Crippen molar-refractivity contribution in [1.29, 1.82) is 0 Å². The van der Waals surface area contributed by atoms with Gasteiger partial charge in [-0.2, -0.15) is 13.2 Å². The lowest BCUT2D eigenvalue weighted by molar-refractivity contribution is -0.0436. The zero-order valence-corrected chi connectivity index (χ0v) is 11.9. The number of aliphatic hydroxyl groups excluding tert-OH is 1. The third-order valence-electron chi connectivity index (χ3n) is 3.58. The lowest BCUT2D eigenvalue weighted by Crippen LogP contribution is -2.23. The number of hydrogen-bond acceptors (Lipinski definition) is 4. The van der Waals surface area contributed by atoms with Crippen molar-refractivity contribution >= 4 is 15.5 Å². The van der Waals surface area contributed by atoms with Crippen LogP contribution in [0.2, 0.25) is 0 Å². The summed E-state index contributed by atoms with van der Waals surface area (Å²) in [6.07, 6.45) is 2.08. The molecule has 1 aliphatic carbocycles. The zero-order chi connectivity index (χ0) is 15.7. The van der Waals surface area contributed by atoms with Gasteiger partial charge in [-0.1, -0.05) is 0 Å². The molecule has 0 radical (unpaired) electrons. The highest BCUT2D eigenvalue weighted by Crippen LogP contribution is 2.31. The van der Waals surface area contributed by atoms with Crippen molar-refractivity contribution in [2.24, 2.45) is 5.92 Å². The fourth-order valence-electron chi connectivity index (χ4n) is 2.38. The first-order valence-corrected chi connectivity index (χ1v) is 8.02. The number of halogens is 3. The standard InChI is InChI=1S/C13H16F3NO3S/c14-13(15,16)21(19,20)12-5-2-10(3-6-12)17-8-9-1-4-11(18)7-9/h2-3,5-6,9,11,17-18H,1,4,7-8H2. The zero-order valence-electron chi connectivity index (χ0n) is 11.1. The van der Waals surface area contributed by atoms with Crippen LogP contribution in [0.25, 0.3) is 0 Å². The van der Waals surface area contributed by atoms with Crippen molar-refractivity contribution in [3.8, 4) is 0 Å². The van der Waals surface area contributed by atoms with Crippen molar-refractivity contribution in [1.82, 2.24) is 0 Å². The van der Waals surface area contributed by atoms with Gasteiger partial charge in [0.2, 0.25) is 0 Å². The second-order valence-electron chi connectivity index (χ2n) is 5.19. The van der Waals surface area contributed by atoms with E-state index in [0.717, 1.165) is 25.0 Å². The summed E-state index contributed by atoms with van der Waals surface area (Å²) in [7, 11) is -5.29. The second-order valence-corrected chi connectivity index (χ2v) is 7.13. The summed E-state index contributed by atoms with van der Waals surface area (Å²) < 4.78 is 59.5. The first-order valence-electron chi connectivity index (χ1n) is 6.53. The quantitative estimate of drug-likeness (QED) is 0.894. The predicted molar refractivity (Wildman–Crippen MR) is 71.5 cm³/mol. The molecule has 0 saturated heterocycles. The molecule has 21 heavy (non-hydrogen) atoms. The third-order valence-corrected chi connectivity index (χ3v) is 5.08. The third kappa shape index (κ3) is 3.68. The topological polar surface area (TPSA) is 66.4 Å². The van der Waals surface area contributed by atoms with Crippen LogP contribution in [0.1, 0.15) is 19.3 Å². The lowest BCUT2D eigenvalue weighted by atomic mass is 10.1. The summed E-state index contributed by atoms with van der Waals surface area (Å²) in [5.41, 5.74) is -4.74. The molecule has 2 unspecified atom stereocenters. The molecule has 0 aromatic heterocycles. The molecule has 4 nitrogen and oxygen atoms in total. The Labute approximate surface area is 120 Å². The molecule has 0 bridgehead atoms. The van der Waals surface area contributed by atoms with Crippen LogP contribution in [0.4, 0.5) is 18.9 Å². The summed E-state index contributed by atoms with van der Waals surface area (Å²) in [6, 6.07) is 4.50. The van der Waals surface area contributed by atoms with E-state index in [4.69, 9.17) is 0 Å². The molecule has 0 amide bonds. The Morgan fingerprint density at radius 1 is 1.19 bits per heavy atom. The fraction of sp³-hybridized carbons (Fsp3) is 0.538. The Hall–Kier alpha value is -1.28. The van der Waals surface area contributed by atoms with Gasteiger partial charge in [0.15, 0.2) is 0 Å². The maximum absolute atomic E-state index is 12.4. The average molecular weight is 323 g/mol.